The van der Waals surface area contributed by atoms with Gasteiger partial charge >= 0.3 is 0 Å². The number of hydrogen-bond donors (Lipinski definition) is 0. The molecule has 1 amide bonds. The van der Waals surface area contributed by atoms with Crippen LogP contribution in [0.2, 0.25) is 0 Å². The Balaban J connectivity index is 2.55. The number of hydrogen-bond acceptors (Lipinski definition) is 1. The highest BCUT2D eigenvalue weighted by Crippen LogP contribution is 2.26. The van der Waals surface area contributed by atoms with Gasteiger partial charge in [-0.15, -0.1) is 0 Å². The summed E-state index contributed by atoms with van der Waals surface area (Å²) in [5.41, 5.74) is 0. The summed E-state index contributed by atoms with van der Waals surface area (Å²) in [4.78, 5) is 12.7. The Hall–Kier alpha value is -0.530. The van der Waals surface area contributed by atoms with E-state index in [9.17, 15) is 4.79 Å². The second kappa shape index (κ2) is 5.38. The summed E-state index contributed by atoms with van der Waals surface area (Å²) in [6, 6.07) is 0. The molecule has 1 aliphatic heterocycles. The molecule has 1 fully saturated rings. The summed E-state index contributed by atoms with van der Waals surface area (Å²) in [7, 11) is 0. The minimum absolute atomic E-state index is 0.664. The topological polar surface area (TPSA) is 20.3 Å². The zero-order chi connectivity index (χ0) is 10.6. The van der Waals surface area contributed by atoms with Gasteiger partial charge in [0.15, 0.2) is 0 Å². The fourth-order valence-corrected chi connectivity index (χ4v) is 2.68. The molecule has 0 radical (unpaired) electrons. The number of rotatable bonds is 2. The zero-order valence-corrected chi connectivity index (χ0v) is 9.70. The number of nitrogens with zero attached hydrogens (tertiary/aromatic N) is 1. The molecule has 2 nitrogen and oxygen atoms in total. The number of amides is 1. The third-order valence-electron chi connectivity index (χ3n) is 3.29. The van der Waals surface area contributed by atoms with Gasteiger partial charge in [-0.2, -0.15) is 0 Å². The lowest BCUT2D eigenvalue weighted by Gasteiger charge is -2.32. The molecular formula is C12H23NO. The van der Waals surface area contributed by atoms with Crippen LogP contribution in [0, 0.1) is 17.8 Å². The lowest BCUT2D eigenvalue weighted by atomic mass is 9.84. The van der Waals surface area contributed by atoms with Gasteiger partial charge in [0.05, 0.1) is 0 Å². The standard InChI is InChI=1S/C12H23NO/c1-4-12-5-10(2)7-13(9-14)8-11(3)6-12/h9-12H,4-8H2,1-3H3. The van der Waals surface area contributed by atoms with Crippen molar-refractivity contribution in [3.8, 4) is 0 Å². The first-order valence-corrected chi connectivity index (χ1v) is 5.85. The Kier molecular flexibility index (Phi) is 4.43. The third-order valence-corrected chi connectivity index (χ3v) is 3.29. The second-order valence-electron chi connectivity index (χ2n) is 5.02. The van der Waals surface area contributed by atoms with E-state index in [0.717, 1.165) is 25.4 Å². The Bertz CT molecular complexity index is 167. The molecule has 0 bridgehead atoms. The molecule has 1 rings (SSSR count). The molecule has 14 heavy (non-hydrogen) atoms. The van der Waals surface area contributed by atoms with Crippen molar-refractivity contribution in [2.75, 3.05) is 13.1 Å². The molecule has 0 aliphatic carbocycles. The maximum Gasteiger partial charge on any atom is 0.209 e. The van der Waals surface area contributed by atoms with Crippen molar-refractivity contribution in [1.29, 1.82) is 0 Å². The van der Waals surface area contributed by atoms with Crippen LogP contribution in [0.5, 0.6) is 0 Å². The zero-order valence-electron chi connectivity index (χ0n) is 9.70. The third kappa shape index (κ3) is 3.32. The smallest absolute Gasteiger partial charge is 0.209 e. The Labute approximate surface area is 87.7 Å². The van der Waals surface area contributed by atoms with Gasteiger partial charge in [0.1, 0.15) is 0 Å². The van der Waals surface area contributed by atoms with Gasteiger partial charge < -0.3 is 4.90 Å². The molecule has 1 aliphatic rings. The summed E-state index contributed by atoms with van der Waals surface area (Å²) in [5.74, 6) is 2.20. The van der Waals surface area contributed by atoms with Crippen LogP contribution in [0.15, 0.2) is 0 Å². The minimum atomic E-state index is 0.664. The van der Waals surface area contributed by atoms with Crippen molar-refractivity contribution < 1.29 is 4.79 Å². The van der Waals surface area contributed by atoms with E-state index in [4.69, 9.17) is 0 Å². The van der Waals surface area contributed by atoms with Crippen LogP contribution in [0.3, 0.4) is 0 Å². The van der Waals surface area contributed by atoms with Crippen LogP contribution in [0.4, 0.5) is 0 Å². The first-order valence-electron chi connectivity index (χ1n) is 5.85. The van der Waals surface area contributed by atoms with Gasteiger partial charge in [-0.1, -0.05) is 27.2 Å². The maximum atomic E-state index is 10.8. The van der Waals surface area contributed by atoms with Crippen molar-refractivity contribution in [1.82, 2.24) is 4.90 Å². The molecule has 0 aromatic carbocycles. The van der Waals surface area contributed by atoms with Crippen molar-refractivity contribution >= 4 is 6.41 Å². The summed E-state index contributed by atoms with van der Waals surface area (Å²) in [6.07, 6.45) is 4.87. The van der Waals surface area contributed by atoms with Crippen molar-refractivity contribution in [3.63, 3.8) is 0 Å². The van der Waals surface area contributed by atoms with E-state index in [0.29, 0.717) is 11.8 Å². The highest BCUT2D eigenvalue weighted by molar-refractivity contribution is 5.47. The molecule has 1 heterocycles. The van der Waals surface area contributed by atoms with Gasteiger partial charge in [0, 0.05) is 13.1 Å². The lowest BCUT2D eigenvalue weighted by Crippen LogP contribution is -2.35. The van der Waals surface area contributed by atoms with E-state index in [2.05, 4.69) is 20.8 Å². The largest absolute Gasteiger partial charge is 0.345 e. The fourth-order valence-electron chi connectivity index (χ4n) is 2.68. The quantitative estimate of drug-likeness (QED) is 0.623. The summed E-state index contributed by atoms with van der Waals surface area (Å²) in [6.45, 7) is 8.70. The van der Waals surface area contributed by atoms with E-state index in [1.165, 1.54) is 19.3 Å². The Morgan fingerprint density at radius 1 is 1.21 bits per heavy atom. The molecule has 82 valence electrons. The molecule has 2 heteroatoms. The van der Waals surface area contributed by atoms with Gasteiger partial charge in [-0.25, -0.2) is 0 Å². The minimum Gasteiger partial charge on any atom is -0.345 e. The molecule has 0 saturated carbocycles. The van der Waals surface area contributed by atoms with Gasteiger partial charge in [-0.3, -0.25) is 4.79 Å². The van der Waals surface area contributed by atoms with E-state index in [-0.39, 0.29) is 0 Å². The van der Waals surface area contributed by atoms with Gasteiger partial charge in [0.2, 0.25) is 6.41 Å². The number of carbonyl (C=O) groups excluding carboxylic acids is 1. The summed E-state index contributed by atoms with van der Waals surface area (Å²) in [5, 5.41) is 0. The Morgan fingerprint density at radius 2 is 1.71 bits per heavy atom. The van der Waals surface area contributed by atoms with Crippen LogP contribution in [0.25, 0.3) is 0 Å². The lowest BCUT2D eigenvalue weighted by molar-refractivity contribution is -0.119. The van der Waals surface area contributed by atoms with Crippen LogP contribution in [-0.2, 0) is 4.79 Å². The van der Waals surface area contributed by atoms with Crippen LogP contribution in [0.1, 0.15) is 40.0 Å². The second-order valence-corrected chi connectivity index (χ2v) is 5.02. The average molecular weight is 197 g/mol. The maximum absolute atomic E-state index is 10.8. The molecule has 0 aromatic heterocycles. The van der Waals surface area contributed by atoms with Crippen molar-refractivity contribution in [3.05, 3.63) is 0 Å². The van der Waals surface area contributed by atoms with E-state index >= 15 is 0 Å². The van der Waals surface area contributed by atoms with E-state index < -0.39 is 0 Å². The molecule has 0 aromatic rings. The van der Waals surface area contributed by atoms with Crippen molar-refractivity contribution in [2.24, 2.45) is 17.8 Å². The molecule has 1 saturated heterocycles. The van der Waals surface area contributed by atoms with Crippen LogP contribution >= 0.6 is 0 Å². The number of carbonyl (C=O) groups is 1. The monoisotopic (exact) mass is 197 g/mol. The van der Waals surface area contributed by atoms with Crippen LogP contribution < -0.4 is 0 Å². The molecule has 2 unspecified atom stereocenters. The first kappa shape index (κ1) is 11.5. The van der Waals surface area contributed by atoms with Crippen LogP contribution in [-0.4, -0.2) is 24.4 Å². The van der Waals surface area contributed by atoms with Gasteiger partial charge in [0.25, 0.3) is 0 Å². The fraction of sp³-hybridized carbons (Fsp3) is 0.917. The number of likely N-dealkylation sites (tertiary alicyclic amines) is 1. The first-order chi connectivity index (χ1) is 6.65. The predicted molar refractivity (Wildman–Crippen MR) is 59.0 cm³/mol. The highest BCUT2D eigenvalue weighted by atomic mass is 16.1. The Morgan fingerprint density at radius 3 is 2.07 bits per heavy atom. The normalized spacial score (nSPS) is 34.8. The van der Waals surface area contributed by atoms with E-state index in [1.54, 1.807) is 0 Å². The summed E-state index contributed by atoms with van der Waals surface area (Å²) >= 11 is 0. The highest BCUT2D eigenvalue weighted by Gasteiger charge is 2.21. The average Bonchev–Trinajstić information content (AvgIpc) is 2.13. The summed E-state index contributed by atoms with van der Waals surface area (Å²) < 4.78 is 0. The predicted octanol–water partition coefficient (Wildman–Crippen LogP) is 2.54. The SMILES string of the molecule is CCC1CC(C)CN(C=O)CC(C)C1. The molecule has 2 atom stereocenters. The van der Waals surface area contributed by atoms with Gasteiger partial charge in [-0.05, 0) is 30.6 Å². The molecule has 0 N–H and O–H groups in total. The van der Waals surface area contributed by atoms with E-state index in [1.807, 2.05) is 4.90 Å². The van der Waals surface area contributed by atoms with Crippen molar-refractivity contribution in [2.45, 2.75) is 40.0 Å². The molecular weight excluding hydrogens is 174 g/mol. The molecule has 0 spiro atoms.